The highest BCUT2D eigenvalue weighted by Crippen LogP contribution is 2.21. The molecule has 92 valence electrons. The molecular formula is C12H15FN2O2. The zero-order chi connectivity index (χ0) is 12.4. The molecule has 0 aliphatic carbocycles. The average molecular weight is 238 g/mol. The maximum absolute atomic E-state index is 13.0. The predicted octanol–water partition coefficient (Wildman–Crippen LogP) is 1.00. The van der Waals surface area contributed by atoms with Gasteiger partial charge in [0.25, 0.3) is 5.91 Å². The molecule has 1 fully saturated rings. The topological polar surface area (TPSA) is 66.6 Å². The van der Waals surface area contributed by atoms with E-state index >= 15 is 0 Å². The predicted molar refractivity (Wildman–Crippen MR) is 62.0 cm³/mol. The first-order valence-corrected chi connectivity index (χ1v) is 5.60. The van der Waals surface area contributed by atoms with Crippen LogP contribution in [0.3, 0.4) is 0 Å². The summed E-state index contributed by atoms with van der Waals surface area (Å²) in [5.74, 6) is -0.727. The minimum Gasteiger partial charge on any atom is -0.396 e. The van der Waals surface area contributed by atoms with E-state index in [4.69, 9.17) is 10.8 Å². The number of likely N-dealkylation sites (tertiary alicyclic amines) is 1. The fourth-order valence-electron chi connectivity index (χ4n) is 2.14. The van der Waals surface area contributed by atoms with Crippen molar-refractivity contribution in [3.05, 3.63) is 29.6 Å². The lowest BCUT2D eigenvalue weighted by Crippen LogP contribution is -2.37. The Hall–Kier alpha value is -1.62. The molecule has 17 heavy (non-hydrogen) atoms. The van der Waals surface area contributed by atoms with Gasteiger partial charge in [-0.15, -0.1) is 0 Å². The normalized spacial score (nSPS) is 19.6. The maximum atomic E-state index is 13.0. The van der Waals surface area contributed by atoms with Crippen LogP contribution in [0.15, 0.2) is 18.2 Å². The van der Waals surface area contributed by atoms with Crippen molar-refractivity contribution in [2.45, 2.75) is 18.9 Å². The molecule has 0 spiro atoms. The van der Waals surface area contributed by atoms with Gasteiger partial charge in [0.15, 0.2) is 0 Å². The zero-order valence-corrected chi connectivity index (χ0v) is 9.40. The quantitative estimate of drug-likeness (QED) is 0.755. The molecule has 5 heteroatoms. The Morgan fingerprint density at radius 2 is 2.35 bits per heavy atom. The summed E-state index contributed by atoms with van der Waals surface area (Å²) in [7, 11) is 0. The van der Waals surface area contributed by atoms with Gasteiger partial charge in [-0.05, 0) is 31.0 Å². The minimum atomic E-state index is -0.526. The second-order valence-electron chi connectivity index (χ2n) is 4.21. The number of anilines is 1. The maximum Gasteiger partial charge on any atom is 0.254 e. The van der Waals surface area contributed by atoms with Gasteiger partial charge in [0.1, 0.15) is 5.82 Å². The number of amides is 1. The van der Waals surface area contributed by atoms with Crippen molar-refractivity contribution in [2.24, 2.45) is 0 Å². The third-order valence-corrected chi connectivity index (χ3v) is 3.09. The molecule has 1 amide bonds. The number of benzene rings is 1. The van der Waals surface area contributed by atoms with Gasteiger partial charge in [-0.1, -0.05) is 0 Å². The molecule has 1 aromatic rings. The van der Waals surface area contributed by atoms with Crippen LogP contribution >= 0.6 is 0 Å². The van der Waals surface area contributed by atoms with Gasteiger partial charge in [0, 0.05) is 12.1 Å². The smallest absolute Gasteiger partial charge is 0.254 e. The van der Waals surface area contributed by atoms with Gasteiger partial charge in [-0.2, -0.15) is 0 Å². The van der Waals surface area contributed by atoms with Crippen molar-refractivity contribution < 1.29 is 14.3 Å². The lowest BCUT2D eigenvalue weighted by atomic mass is 10.1. The lowest BCUT2D eigenvalue weighted by Gasteiger charge is -2.23. The molecule has 0 aromatic heterocycles. The standard InChI is InChI=1S/C12H15FN2O2/c13-10-4-3-8(6-11(10)14)12(17)15-5-1-2-9(15)7-16/h3-4,6,9,16H,1-2,5,7,14H2. The number of hydrogen-bond acceptors (Lipinski definition) is 3. The van der Waals surface area contributed by atoms with Crippen LogP contribution in [0.2, 0.25) is 0 Å². The van der Waals surface area contributed by atoms with Gasteiger partial charge >= 0.3 is 0 Å². The number of aliphatic hydroxyl groups is 1. The molecule has 1 unspecified atom stereocenters. The Labute approximate surface area is 98.8 Å². The number of halogens is 1. The van der Waals surface area contributed by atoms with Crippen LogP contribution in [0.4, 0.5) is 10.1 Å². The molecule has 3 N–H and O–H groups in total. The highest BCUT2D eigenvalue weighted by atomic mass is 19.1. The van der Waals surface area contributed by atoms with Crippen LogP contribution < -0.4 is 5.73 Å². The van der Waals surface area contributed by atoms with Crippen LogP contribution in [0, 0.1) is 5.82 Å². The lowest BCUT2D eigenvalue weighted by molar-refractivity contribution is 0.0677. The Bertz CT molecular complexity index is 437. The first-order chi connectivity index (χ1) is 8.13. The molecule has 0 radical (unpaired) electrons. The molecule has 1 aromatic carbocycles. The van der Waals surface area contributed by atoms with E-state index in [1.807, 2.05) is 0 Å². The van der Waals surface area contributed by atoms with Gasteiger partial charge in [-0.3, -0.25) is 4.79 Å². The minimum absolute atomic E-state index is 0.0319. The third-order valence-electron chi connectivity index (χ3n) is 3.09. The van der Waals surface area contributed by atoms with Crippen molar-refractivity contribution >= 4 is 11.6 Å². The van der Waals surface area contributed by atoms with E-state index in [1.54, 1.807) is 4.90 Å². The van der Waals surface area contributed by atoms with E-state index in [2.05, 4.69) is 0 Å². The van der Waals surface area contributed by atoms with E-state index in [0.717, 1.165) is 12.8 Å². The second-order valence-corrected chi connectivity index (χ2v) is 4.21. The summed E-state index contributed by atoms with van der Waals surface area (Å²) >= 11 is 0. The number of aliphatic hydroxyl groups excluding tert-OH is 1. The van der Waals surface area contributed by atoms with E-state index in [1.165, 1.54) is 18.2 Å². The largest absolute Gasteiger partial charge is 0.396 e. The van der Waals surface area contributed by atoms with Crippen LogP contribution in [-0.2, 0) is 0 Å². The third kappa shape index (κ3) is 2.24. The molecule has 1 aliphatic heterocycles. The molecule has 0 saturated carbocycles. The van der Waals surface area contributed by atoms with Crippen LogP contribution in [0.25, 0.3) is 0 Å². The van der Waals surface area contributed by atoms with Crippen LogP contribution in [0.1, 0.15) is 23.2 Å². The summed E-state index contributed by atoms with van der Waals surface area (Å²) in [5, 5.41) is 9.15. The molecule has 0 bridgehead atoms. The molecule has 4 nitrogen and oxygen atoms in total. The average Bonchev–Trinajstić information content (AvgIpc) is 2.80. The number of nitrogen functional groups attached to an aromatic ring is 1. The Kier molecular flexibility index (Phi) is 3.28. The number of nitrogens with zero attached hydrogens (tertiary/aromatic N) is 1. The molecule has 1 heterocycles. The van der Waals surface area contributed by atoms with E-state index < -0.39 is 5.82 Å². The summed E-state index contributed by atoms with van der Waals surface area (Å²) in [5.41, 5.74) is 5.76. The highest BCUT2D eigenvalue weighted by molar-refractivity contribution is 5.95. The van der Waals surface area contributed by atoms with Crippen molar-refractivity contribution in [3.8, 4) is 0 Å². The summed E-state index contributed by atoms with van der Waals surface area (Å²) < 4.78 is 13.0. The Morgan fingerprint density at radius 3 is 3.00 bits per heavy atom. The summed E-state index contributed by atoms with van der Waals surface area (Å²) in [4.78, 5) is 13.7. The van der Waals surface area contributed by atoms with Gasteiger partial charge in [0.05, 0.1) is 18.3 Å². The van der Waals surface area contributed by atoms with E-state index in [-0.39, 0.29) is 24.2 Å². The van der Waals surface area contributed by atoms with Crippen molar-refractivity contribution in [3.63, 3.8) is 0 Å². The number of rotatable bonds is 2. The summed E-state index contributed by atoms with van der Waals surface area (Å²) in [6.07, 6.45) is 1.69. The molecule has 2 rings (SSSR count). The van der Waals surface area contributed by atoms with Crippen molar-refractivity contribution in [2.75, 3.05) is 18.9 Å². The molecule has 1 saturated heterocycles. The number of hydrogen-bond donors (Lipinski definition) is 2. The zero-order valence-electron chi connectivity index (χ0n) is 9.40. The van der Waals surface area contributed by atoms with E-state index in [9.17, 15) is 9.18 Å². The molecule has 1 atom stereocenters. The highest BCUT2D eigenvalue weighted by Gasteiger charge is 2.28. The van der Waals surface area contributed by atoms with Gasteiger partial charge < -0.3 is 15.7 Å². The number of carbonyl (C=O) groups excluding carboxylic acids is 1. The fourth-order valence-corrected chi connectivity index (χ4v) is 2.14. The number of carbonyl (C=O) groups is 1. The first kappa shape index (κ1) is 11.9. The second kappa shape index (κ2) is 4.71. The van der Waals surface area contributed by atoms with Crippen LogP contribution in [-0.4, -0.2) is 35.1 Å². The SMILES string of the molecule is Nc1cc(C(=O)N2CCCC2CO)ccc1F. The Balaban J connectivity index is 2.21. The fraction of sp³-hybridized carbons (Fsp3) is 0.417. The van der Waals surface area contributed by atoms with Crippen molar-refractivity contribution in [1.82, 2.24) is 4.90 Å². The van der Waals surface area contributed by atoms with E-state index in [0.29, 0.717) is 12.1 Å². The van der Waals surface area contributed by atoms with Crippen molar-refractivity contribution in [1.29, 1.82) is 0 Å². The first-order valence-electron chi connectivity index (χ1n) is 5.60. The van der Waals surface area contributed by atoms with Crippen LogP contribution in [0.5, 0.6) is 0 Å². The summed E-state index contributed by atoms with van der Waals surface area (Å²) in [6, 6.07) is 3.81. The monoisotopic (exact) mass is 238 g/mol. The van der Waals surface area contributed by atoms with Gasteiger partial charge in [-0.25, -0.2) is 4.39 Å². The molecule has 1 aliphatic rings. The number of nitrogens with two attached hydrogens (primary N) is 1. The summed E-state index contributed by atoms with van der Waals surface area (Å²) in [6.45, 7) is 0.587. The molecular weight excluding hydrogens is 223 g/mol. The van der Waals surface area contributed by atoms with Gasteiger partial charge in [0.2, 0.25) is 0 Å². The Morgan fingerprint density at radius 1 is 1.59 bits per heavy atom.